The van der Waals surface area contributed by atoms with Crippen LogP contribution in [0.1, 0.15) is 16.7 Å². The third-order valence-electron chi connectivity index (χ3n) is 3.47. The predicted octanol–water partition coefficient (Wildman–Crippen LogP) is 5.61. The van der Waals surface area contributed by atoms with E-state index in [0.29, 0.717) is 15.1 Å². The standard InChI is InChI=1S/C18H14BrClN2OS/c1-10-7-14(8-11(2)16(10)19)21-18-22-17(23)15(24-18)9-12-3-5-13(20)6-4-12/h3-9H,1-2H3,(H,21,22,23)/b15-9-. The fraction of sp³-hybridized carbons (Fsp3) is 0.111. The molecule has 3 nitrogen and oxygen atoms in total. The summed E-state index contributed by atoms with van der Waals surface area (Å²) in [5, 5.41) is 4.06. The summed E-state index contributed by atoms with van der Waals surface area (Å²) in [6.45, 7) is 4.04. The van der Waals surface area contributed by atoms with E-state index in [2.05, 4.69) is 26.2 Å². The average Bonchev–Trinajstić information content (AvgIpc) is 2.86. The second-order valence-corrected chi connectivity index (χ2v) is 7.69. The highest BCUT2D eigenvalue weighted by molar-refractivity contribution is 9.10. The Morgan fingerprint density at radius 1 is 1.17 bits per heavy atom. The Bertz CT molecular complexity index is 852. The molecule has 0 unspecified atom stereocenters. The van der Waals surface area contributed by atoms with Crippen molar-refractivity contribution >= 4 is 62.1 Å². The summed E-state index contributed by atoms with van der Waals surface area (Å²) < 4.78 is 1.08. The molecule has 1 saturated heterocycles. The van der Waals surface area contributed by atoms with Crippen LogP contribution in [0.5, 0.6) is 0 Å². The molecule has 0 atom stereocenters. The number of aryl methyl sites for hydroxylation is 2. The van der Waals surface area contributed by atoms with Gasteiger partial charge in [0, 0.05) is 9.50 Å². The van der Waals surface area contributed by atoms with Crippen LogP contribution in [0.15, 0.2) is 50.8 Å². The van der Waals surface area contributed by atoms with Crippen LogP contribution in [0, 0.1) is 13.8 Å². The van der Waals surface area contributed by atoms with Gasteiger partial charge in [0.15, 0.2) is 5.17 Å². The molecule has 0 bridgehead atoms. The second kappa shape index (κ2) is 7.13. The molecule has 3 rings (SSSR count). The summed E-state index contributed by atoms with van der Waals surface area (Å²) >= 11 is 10.8. The molecule has 1 fully saturated rings. The molecular weight excluding hydrogens is 408 g/mol. The zero-order valence-corrected chi connectivity index (χ0v) is 16.2. The van der Waals surface area contributed by atoms with E-state index in [9.17, 15) is 4.79 Å². The van der Waals surface area contributed by atoms with Crippen LogP contribution in [-0.4, -0.2) is 11.1 Å². The number of amidine groups is 1. The molecule has 0 saturated carbocycles. The first-order chi connectivity index (χ1) is 11.4. The van der Waals surface area contributed by atoms with E-state index < -0.39 is 0 Å². The minimum absolute atomic E-state index is 0.140. The molecule has 2 aromatic carbocycles. The summed E-state index contributed by atoms with van der Waals surface area (Å²) in [5.41, 5.74) is 3.97. The Kier molecular flexibility index (Phi) is 5.13. The van der Waals surface area contributed by atoms with Gasteiger partial charge in [-0.1, -0.05) is 39.7 Å². The molecule has 0 spiro atoms. The first-order valence-electron chi connectivity index (χ1n) is 7.24. The van der Waals surface area contributed by atoms with Crippen LogP contribution in [-0.2, 0) is 4.79 Å². The van der Waals surface area contributed by atoms with Gasteiger partial charge in [-0.25, -0.2) is 4.99 Å². The molecule has 122 valence electrons. The number of rotatable bonds is 2. The van der Waals surface area contributed by atoms with Crippen molar-refractivity contribution in [3.05, 3.63) is 67.5 Å². The first kappa shape index (κ1) is 17.3. The highest BCUT2D eigenvalue weighted by atomic mass is 79.9. The fourth-order valence-electron chi connectivity index (χ4n) is 2.30. The van der Waals surface area contributed by atoms with Crippen molar-refractivity contribution < 1.29 is 4.79 Å². The highest BCUT2D eigenvalue weighted by Crippen LogP contribution is 2.31. The van der Waals surface area contributed by atoms with Crippen molar-refractivity contribution in [3.8, 4) is 0 Å². The topological polar surface area (TPSA) is 41.5 Å². The van der Waals surface area contributed by atoms with Gasteiger partial charge in [-0.3, -0.25) is 4.79 Å². The van der Waals surface area contributed by atoms with Crippen molar-refractivity contribution in [3.63, 3.8) is 0 Å². The molecule has 2 aromatic rings. The lowest BCUT2D eigenvalue weighted by atomic mass is 10.1. The fourth-order valence-corrected chi connectivity index (χ4v) is 3.49. The minimum Gasteiger partial charge on any atom is -0.300 e. The van der Waals surface area contributed by atoms with Crippen LogP contribution in [0.2, 0.25) is 5.02 Å². The smallest absolute Gasteiger partial charge is 0.264 e. The Hall–Kier alpha value is -1.56. The summed E-state index contributed by atoms with van der Waals surface area (Å²) in [5.74, 6) is -0.140. The summed E-state index contributed by atoms with van der Waals surface area (Å²) in [4.78, 5) is 17.3. The van der Waals surface area contributed by atoms with E-state index in [1.54, 1.807) is 12.1 Å². The average molecular weight is 422 g/mol. The van der Waals surface area contributed by atoms with Gasteiger partial charge in [-0.15, -0.1) is 0 Å². The monoisotopic (exact) mass is 420 g/mol. The molecule has 1 aliphatic heterocycles. The number of halogens is 2. The van der Waals surface area contributed by atoms with E-state index in [1.165, 1.54) is 11.8 Å². The van der Waals surface area contributed by atoms with E-state index >= 15 is 0 Å². The lowest BCUT2D eigenvalue weighted by molar-refractivity contribution is -0.115. The molecule has 1 aliphatic rings. The maximum atomic E-state index is 12.1. The largest absolute Gasteiger partial charge is 0.300 e. The van der Waals surface area contributed by atoms with Crippen LogP contribution >= 0.6 is 39.3 Å². The van der Waals surface area contributed by atoms with E-state index in [0.717, 1.165) is 26.9 Å². The number of nitrogens with one attached hydrogen (secondary N) is 1. The van der Waals surface area contributed by atoms with Crippen LogP contribution in [0.4, 0.5) is 5.69 Å². The number of thioether (sulfide) groups is 1. The highest BCUT2D eigenvalue weighted by Gasteiger charge is 2.23. The third-order valence-corrected chi connectivity index (χ3v) is 5.88. The number of hydrogen-bond donors (Lipinski definition) is 1. The third kappa shape index (κ3) is 3.91. The summed E-state index contributed by atoms with van der Waals surface area (Å²) in [6, 6.07) is 11.3. The van der Waals surface area contributed by atoms with Crippen molar-refractivity contribution in [2.45, 2.75) is 13.8 Å². The molecule has 1 N–H and O–H groups in total. The number of benzene rings is 2. The number of nitrogens with zero attached hydrogens (tertiary/aromatic N) is 1. The number of aliphatic imine (C=N–C) groups is 1. The zero-order valence-electron chi connectivity index (χ0n) is 13.1. The number of carbonyl (C=O) groups excluding carboxylic acids is 1. The second-order valence-electron chi connectivity index (χ2n) is 5.43. The van der Waals surface area contributed by atoms with E-state index in [-0.39, 0.29) is 5.91 Å². The minimum atomic E-state index is -0.140. The van der Waals surface area contributed by atoms with E-state index in [4.69, 9.17) is 11.6 Å². The maximum absolute atomic E-state index is 12.1. The van der Waals surface area contributed by atoms with E-state index in [1.807, 2.05) is 44.2 Å². The number of hydrogen-bond acceptors (Lipinski definition) is 3. The maximum Gasteiger partial charge on any atom is 0.264 e. The van der Waals surface area contributed by atoms with Gasteiger partial charge >= 0.3 is 0 Å². The zero-order chi connectivity index (χ0) is 17.3. The lowest BCUT2D eigenvalue weighted by Gasteiger charge is -2.04. The quantitative estimate of drug-likeness (QED) is 0.640. The van der Waals surface area contributed by atoms with Gasteiger partial charge in [-0.2, -0.15) is 0 Å². The molecule has 24 heavy (non-hydrogen) atoms. The van der Waals surface area contributed by atoms with Crippen molar-refractivity contribution in [2.24, 2.45) is 4.99 Å². The molecule has 0 radical (unpaired) electrons. The van der Waals surface area contributed by atoms with Crippen LogP contribution in [0.3, 0.4) is 0 Å². The van der Waals surface area contributed by atoms with Gasteiger partial charge in [0.2, 0.25) is 0 Å². The van der Waals surface area contributed by atoms with Gasteiger partial charge in [-0.05, 0) is 72.6 Å². The summed E-state index contributed by atoms with van der Waals surface area (Å²) in [7, 11) is 0. The van der Waals surface area contributed by atoms with Gasteiger partial charge < -0.3 is 5.32 Å². The van der Waals surface area contributed by atoms with Crippen molar-refractivity contribution in [1.29, 1.82) is 0 Å². The normalized spacial score (nSPS) is 17.6. The molecular formula is C18H14BrClN2OS. The van der Waals surface area contributed by atoms with Crippen LogP contribution in [0.25, 0.3) is 6.08 Å². The molecule has 0 aromatic heterocycles. The Labute approximate surface area is 158 Å². The Morgan fingerprint density at radius 3 is 2.42 bits per heavy atom. The van der Waals surface area contributed by atoms with Crippen LogP contribution < -0.4 is 5.32 Å². The predicted molar refractivity (Wildman–Crippen MR) is 106 cm³/mol. The Morgan fingerprint density at radius 2 is 1.79 bits per heavy atom. The molecule has 1 amide bonds. The van der Waals surface area contributed by atoms with Gasteiger partial charge in [0.25, 0.3) is 5.91 Å². The SMILES string of the molecule is Cc1cc(N=C2NC(=O)/C(=C/c3ccc(Cl)cc3)S2)cc(C)c1Br. The first-order valence-corrected chi connectivity index (χ1v) is 9.23. The van der Waals surface area contributed by atoms with Crippen molar-refractivity contribution in [2.75, 3.05) is 0 Å². The van der Waals surface area contributed by atoms with Crippen molar-refractivity contribution in [1.82, 2.24) is 5.32 Å². The molecule has 1 heterocycles. The number of amides is 1. The Balaban J connectivity index is 1.85. The molecule has 6 heteroatoms. The van der Waals surface area contributed by atoms with Gasteiger partial charge in [0.1, 0.15) is 0 Å². The lowest BCUT2D eigenvalue weighted by Crippen LogP contribution is -2.19. The van der Waals surface area contributed by atoms with Gasteiger partial charge in [0.05, 0.1) is 10.6 Å². The summed E-state index contributed by atoms with van der Waals surface area (Å²) in [6.07, 6.45) is 1.83. The number of carbonyl (C=O) groups is 1. The molecule has 0 aliphatic carbocycles.